The van der Waals surface area contributed by atoms with Crippen molar-refractivity contribution in [2.24, 2.45) is 0 Å². The van der Waals surface area contributed by atoms with Crippen molar-refractivity contribution in [3.8, 4) is 0 Å². The van der Waals surface area contributed by atoms with Crippen LogP contribution in [0.1, 0.15) is 27.2 Å². The number of hydrogen-bond acceptors (Lipinski definition) is 3. The second-order valence-corrected chi connectivity index (χ2v) is 2.45. The fraction of sp³-hybridized carbons (Fsp3) is 0.714. The molecule has 0 rings (SSSR count). The predicted molar refractivity (Wildman–Crippen MR) is 41.9 cm³/mol. The highest BCUT2D eigenvalue weighted by Gasteiger charge is 2.26. The molecule has 0 radical (unpaired) electrons. The number of hydrogen-bond donors (Lipinski definition) is 3. The molecular formula is C7H14O5. The van der Waals surface area contributed by atoms with Gasteiger partial charge in [-0.3, -0.25) is 4.79 Å². The zero-order valence-electron chi connectivity index (χ0n) is 7.37. The van der Waals surface area contributed by atoms with Crippen molar-refractivity contribution >= 4 is 11.9 Å². The number of rotatable bonds is 2. The summed E-state index contributed by atoms with van der Waals surface area (Å²) in [4.78, 5) is 19.0. The second kappa shape index (κ2) is 5.54. The summed E-state index contributed by atoms with van der Waals surface area (Å²) in [5.74, 6) is -2.00. The third kappa shape index (κ3) is 8.90. The van der Waals surface area contributed by atoms with Crippen LogP contribution in [-0.4, -0.2) is 32.9 Å². The summed E-state index contributed by atoms with van der Waals surface area (Å²) in [6.07, 6.45) is 0.238. The van der Waals surface area contributed by atoms with E-state index in [1.165, 1.54) is 6.92 Å². The SMILES string of the molecule is CC(=O)O.CCC(C)(O)C(=O)O. The monoisotopic (exact) mass is 178 g/mol. The molecule has 3 N–H and O–H groups in total. The van der Waals surface area contributed by atoms with Crippen LogP contribution in [0.5, 0.6) is 0 Å². The molecule has 72 valence electrons. The van der Waals surface area contributed by atoms with Gasteiger partial charge >= 0.3 is 5.97 Å². The van der Waals surface area contributed by atoms with E-state index in [1.807, 2.05) is 0 Å². The minimum absolute atomic E-state index is 0.238. The third-order valence-electron chi connectivity index (χ3n) is 1.15. The topological polar surface area (TPSA) is 94.8 Å². The highest BCUT2D eigenvalue weighted by molar-refractivity contribution is 5.76. The molecular weight excluding hydrogens is 164 g/mol. The Kier molecular flexibility index (Phi) is 6.22. The van der Waals surface area contributed by atoms with E-state index in [4.69, 9.17) is 20.1 Å². The highest BCUT2D eigenvalue weighted by Crippen LogP contribution is 2.06. The molecule has 5 nitrogen and oxygen atoms in total. The second-order valence-electron chi connectivity index (χ2n) is 2.45. The molecule has 0 aliphatic heterocycles. The summed E-state index contributed by atoms with van der Waals surface area (Å²) >= 11 is 0. The summed E-state index contributed by atoms with van der Waals surface area (Å²) in [6.45, 7) is 3.98. The average Bonchev–Trinajstić information content (AvgIpc) is 1.86. The van der Waals surface area contributed by atoms with Crippen LogP contribution in [0.4, 0.5) is 0 Å². The molecule has 5 heteroatoms. The molecule has 12 heavy (non-hydrogen) atoms. The summed E-state index contributed by atoms with van der Waals surface area (Å²) < 4.78 is 0. The van der Waals surface area contributed by atoms with E-state index in [9.17, 15) is 4.79 Å². The molecule has 0 aromatic rings. The Hall–Kier alpha value is -1.10. The fourth-order valence-electron chi connectivity index (χ4n) is 0.151. The van der Waals surface area contributed by atoms with E-state index < -0.39 is 17.5 Å². The molecule has 0 aliphatic carbocycles. The lowest BCUT2D eigenvalue weighted by Gasteiger charge is -2.13. The Labute approximate surface area is 70.6 Å². The van der Waals surface area contributed by atoms with Crippen molar-refractivity contribution < 1.29 is 24.9 Å². The van der Waals surface area contributed by atoms with Gasteiger partial charge in [-0.15, -0.1) is 0 Å². The van der Waals surface area contributed by atoms with Gasteiger partial charge in [-0.2, -0.15) is 0 Å². The van der Waals surface area contributed by atoms with E-state index in [0.29, 0.717) is 0 Å². The maximum atomic E-state index is 10.0. The van der Waals surface area contributed by atoms with Crippen LogP contribution in [-0.2, 0) is 9.59 Å². The summed E-state index contributed by atoms with van der Waals surface area (Å²) in [5, 5.41) is 24.4. The Morgan fingerprint density at radius 3 is 1.58 bits per heavy atom. The Bertz CT molecular complexity index is 157. The average molecular weight is 178 g/mol. The van der Waals surface area contributed by atoms with Crippen LogP contribution < -0.4 is 0 Å². The van der Waals surface area contributed by atoms with Gasteiger partial charge < -0.3 is 15.3 Å². The van der Waals surface area contributed by atoms with E-state index in [2.05, 4.69) is 0 Å². The Balaban J connectivity index is 0. The molecule has 0 aromatic carbocycles. The first-order valence-corrected chi connectivity index (χ1v) is 3.39. The van der Waals surface area contributed by atoms with Crippen molar-refractivity contribution in [2.75, 3.05) is 0 Å². The largest absolute Gasteiger partial charge is 0.481 e. The number of carboxylic acid groups (broad SMARTS) is 2. The molecule has 0 fully saturated rings. The maximum absolute atomic E-state index is 10.0. The van der Waals surface area contributed by atoms with Crippen LogP contribution in [0.3, 0.4) is 0 Å². The molecule has 0 aliphatic rings. The van der Waals surface area contributed by atoms with Crippen molar-refractivity contribution in [1.29, 1.82) is 0 Å². The lowest BCUT2D eigenvalue weighted by Crippen LogP contribution is -2.33. The van der Waals surface area contributed by atoms with Gasteiger partial charge in [-0.25, -0.2) is 4.79 Å². The van der Waals surface area contributed by atoms with Gasteiger partial charge in [0, 0.05) is 6.92 Å². The molecule has 0 bridgehead atoms. The van der Waals surface area contributed by atoms with Crippen molar-refractivity contribution in [3.63, 3.8) is 0 Å². The van der Waals surface area contributed by atoms with Gasteiger partial charge in [-0.05, 0) is 13.3 Å². The van der Waals surface area contributed by atoms with Crippen LogP contribution in [0, 0.1) is 0 Å². The predicted octanol–water partition coefficient (Wildman–Crippen LogP) is 0.323. The maximum Gasteiger partial charge on any atom is 0.335 e. The van der Waals surface area contributed by atoms with Crippen molar-refractivity contribution in [1.82, 2.24) is 0 Å². The first-order chi connectivity index (χ1) is 5.24. The normalized spacial score (nSPS) is 13.7. The number of carboxylic acids is 2. The van der Waals surface area contributed by atoms with Gasteiger partial charge in [0.15, 0.2) is 5.60 Å². The zero-order valence-corrected chi connectivity index (χ0v) is 7.37. The number of aliphatic hydroxyl groups is 1. The van der Waals surface area contributed by atoms with Crippen molar-refractivity contribution in [3.05, 3.63) is 0 Å². The lowest BCUT2D eigenvalue weighted by molar-refractivity contribution is -0.156. The van der Waals surface area contributed by atoms with Crippen LogP contribution in [0.25, 0.3) is 0 Å². The Morgan fingerprint density at radius 1 is 1.33 bits per heavy atom. The standard InChI is InChI=1S/C5H10O3.C2H4O2/c1-3-5(2,8)4(6)7;1-2(3)4/h8H,3H2,1-2H3,(H,6,7);1H3,(H,3,4). The zero-order chi connectivity index (χ0) is 10.4. The summed E-state index contributed by atoms with van der Waals surface area (Å²) in [5.41, 5.74) is -1.54. The fourth-order valence-corrected chi connectivity index (χ4v) is 0.151. The van der Waals surface area contributed by atoms with E-state index >= 15 is 0 Å². The van der Waals surface area contributed by atoms with E-state index in [0.717, 1.165) is 6.92 Å². The molecule has 0 amide bonds. The molecule has 0 saturated heterocycles. The van der Waals surface area contributed by atoms with Crippen LogP contribution in [0.15, 0.2) is 0 Å². The number of aliphatic carboxylic acids is 2. The number of carbonyl (C=O) groups is 2. The quantitative estimate of drug-likeness (QED) is 0.566. The van der Waals surface area contributed by atoms with Crippen LogP contribution in [0.2, 0.25) is 0 Å². The molecule has 0 saturated carbocycles. The van der Waals surface area contributed by atoms with Gasteiger partial charge in [0.1, 0.15) is 0 Å². The smallest absolute Gasteiger partial charge is 0.335 e. The molecule has 1 unspecified atom stereocenters. The third-order valence-corrected chi connectivity index (χ3v) is 1.15. The minimum atomic E-state index is -1.54. The summed E-state index contributed by atoms with van der Waals surface area (Å²) in [7, 11) is 0. The minimum Gasteiger partial charge on any atom is -0.481 e. The van der Waals surface area contributed by atoms with E-state index in [-0.39, 0.29) is 6.42 Å². The molecule has 0 spiro atoms. The lowest BCUT2D eigenvalue weighted by atomic mass is 10.1. The first-order valence-electron chi connectivity index (χ1n) is 3.39. The molecule has 1 atom stereocenters. The highest BCUT2D eigenvalue weighted by atomic mass is 16.4. The molecule has 0 heterocycles. The van der Waals surface area contributed by atoms with Gasteiger partial charge in [0.05, 0.1) is 0 Å². The van der Waals surface area contributed by atoms with E-state index in [1.54, 1.807) is 6.92 Å². The first kappa shape index (κ1) is 13.5. The summed E-state index contributed by atoms with van der Waals surface area (Å²) in [6, 6.07) is 0. The Morgan fingerprint density at radius 2 is 1.58 bits per heavy atom. The van der Waals surface area contributed by atoms with Crippen molar-refractivity contribution in [2.45, 2.75) is 32.8 Å². The molecule has 0 aromatic heterocycles. The van der Waals surface area contributed by atoms with Gasteiger partial charge in [0.2, 0.25) is 0 Å². The van der Waals surface area contributed by atoms with Crippen LogP contribution >= 0.6 is 0 Å². The van der Waals surface area contributed by atoms with Gasteiger partial charge in [0.25, 0.3) is 5.97 Å². The van der Waals surface area contributed by atoms with Gasteiger partial charge in [-0.1, -0.05) is 6.92 Å².